The number of para-hydroxylation sites is 2. The van der Waals surface area contributed by atoms with Crippen molar-refractivity contribution in [2.45, 2.75) is 12.7 Å². The molecular formula is C30H20F3N5. The van der Waals surface area contributed by atoms with Crippen molar-refractivity contribution >= 4 is 11.0 Å². The lowest BCUT2D eigenvalue weighted by molar-refractivity contribution is -0.137. The van der Waals surface area contributed by atoms with Crippen molar-refractivity contribution < 1.29 is 13.2 Å². The van der Waals surface area contributed by atoms with Crippen LogP contribution in [0.25, 0.3) is 44.8 Å². The Morgan fingerprint density at radius 2 is 1.34 bits per heavy atom. The van der Waals surface area contributed by atoms with Gasteiger partial charge in [-0.3, -0.25) is 4.98 Å². The minimum absolute atomic E-state index is 0.257. The van der Waals surface area contributed by atoms with Gasteiger partial charge in [0.15, 0.2) is 0 Å². The first-order valence-electron chi connectivity index (χ1n) is 11.9. The Bertz CT molecular complexity index is 1730. The van der Waals surface area contributed by atoms with Crippen LogP contribution in [-0.4, -0.2) is 25.0 Å². The van der Waals surface area contributed by atoms with Crippen molar-refractivity contribution in [3.8, 4) is 33.8 Å². The summed E-state index contributed by atoms with van der Waals surface area (Å²) in [5.41, 5.74) is 6.26. The molecule has 0 saturated heterocycles. The molecule has 38 heavy (non-hydrogen) atoms. The van der Waals surface area contributed by atoms with Crippen molar-refractivity contribution in [3.63, 3.8) is 0 Å². The third-order valence-electron chi connectivity index (χ3n) is 6.30. The van der Waals surface area contributed by atoms with E-state index in [0.29, 0.717) is 17.0 Å². The summed E-state index contributed by atoms with van der Waals surface area (Å²) in [6.07, 6.45) is -2.64. The third-order valence-corrected chi connectivity index (χ3v) is 6.30. The molecule has 0 aliphatic rings. The highest BCUT2D eigenvalue weighted by Gasteiger charge is 2.30. The molecule has 186 valence electrons. The van der Waals surface area contributed by atoms with Gasteiger partial charge in [-0.05, 0) is 29.8 Å². The molecule has 8 heteroatoms. The van der Waals surface area contributed by atoms with Gasteiger partial charge in [0.2, 0.25) is 0 Å². The summed E-state index contributed by atoms with van der Waals surface area (Å²) >= 11 is 0. The van der Waals surface area contributed by atoms with Crippen molar-refractivity contribution in [2.75, 3.05) is 0 Å². The van der Waals surface area contributed by atoms with Gasteiger partial charge in [0.25, 0.3) is 0 Å². The average molecular weight is 508 g/mol. The highest BCUT2D eigenvalue weighted by Crippen LogP contribution is 2.37. The Hall–Kier alpha value is -4.85. The molecule has 2 aromatic heterocycles. The summed E-state index contributed by atoms with van der Waals surface area (Å²) in [6.45, 7) is 0.257. The molecule has 0 radical (unpaired) electrons. The fraction of sp³-hybridized carbons (Fsp3) is 0.0667. The van der Waals surface area contributed by atoms with Gasteiger partial charge in [0.05, 0.1) is 40.7 Å². The highest BCUT2D eigenvalue weighted by molar-refractivity contribution is 5.88. The largest absolute Gasteiger partial charge is 0.416 e. The van der Waals surface area contributed by atoms with Gasteiger partial charge in [-0.1, -0.05) is 84.1 Å². The summed E-state index contributed by atoms with van der Waals surface area (Å²) in [7, 11) is 0. The molecule has 0 N–H and O–H groups in total. The second-order valence-electron chi connectivity index (χ2n) is 8.79. The Balaban J connectivity index is 1.47. The van der Waals surface area contributed by atoms with Crippen LogP contribution in [0, 0.1) is 0 Å². The van der Waals surface area contributed by atoms with E-state index in [-0.39, 0.29) is 6.54 Å². The number of fused-ring (bicyclic) bond motifs is 1. The zero-order valence-corrected chi connectivity index (χ0v) is 20.0. The highest BCUT2D eigenvalue weighted by atomic mass is 19.4. The van der Waals surface area contributed by atoms with E-state index < -0.39 is 11.7 Å². The van der Waals surface area contributed by atoms with Gasteiger partial charge in [-0.15, -0.1) is 5.10 Å². The van der Waals surface area contributed by atoms with E-state index in [0.717, 1.165) is 45.6 Å². The van der Waals surface area contributed by atoms with E-state index in [2.05, 4.69) is 15.3 Å². The van der Waals surface area contributed by atoms with Crippen LogP contribution in [0.1, 0.15) is 11.1 Å². The normalized spacial score (nSPS) is 11.7. The Morgan fingerprint density at radius 3 is 2.08 bits per heavy atom. The number of aromatic nitrogens is 5. The second kappa shape index (κ2) is 9.55. The Kier molecular flexibility index (Phi) is 5.92. The van der Waals surface area contributed by atoms with Crippen LogP contribution in [0.3, 0.4) is 0 Å². The van der Waals surface area contributed by atoms with Crippen LogP contribution in [0.4, 0.5) is 13.2 Å². The maximum absolute atomic E-state index is 13.0. The molecule has 0 bridgehead atoms. The molecule has 0 fully saturated rings. The van der Waals surface area contributed by atoms with Crippen LogP contribution in [0.5, 0.6) is 0 Å². The number of halogens is 3. The molecular weight excluding hydrogens is 487 g/mol. The maximum atomic E-state index is 13.0. The maximum Gasteiger partial charge on any atom is 0.416 e. The molecule has 0 aliphatic carbocycles. The van der Waals surface area contributed by atoms with E-state index in [9.17, 15) is 13.2 Å². The summed E-state index contributed by atoms with van der Waals surface area (Å²) in [5.74, 6) is 0. The van der Waals surface area contributed by atoms with E-state index >= 15 is 0 Å². The van der Waals surface area contributed by atoms with Crippen molar-refractivity contribution in [1.29, 1.82) is 0 Å². The minimum Gasteiger partial charge on any atom is -0.252 e. The van der Waals surface area contributed by atoms with Crippen LogP contribution < -0.4 is 0 Å². The first-order valence-corrected chi connectivity index (χ1v) is 11.9. The van der Waals surface area contributed by atoms with Crippen molar-refractivity contribution in [2.24, 2.45) is 0 Å². The summed E-state index contributed by atoms with van der Waals surface area (Å²) in [6, 6.07) is 30.3. The fourth-order valence-electron chi connectivity index (χ4n) is 4.46. The topological polar surface area (TPSA) is 56.5 Å². The predicted octanol–water partition coefficient (Wildman–Crippen LogP) is 7.29. The van der Waals surface area contributed by atoms with Gasteiger partial charge in [0.1, 0.15) is 5.69 Å². The molecule has 4 aromatic carbocycles. The summed E-state index contributed by atoms with van der Waals surface area (Å²) in [4.78, 5) is 9.40. The zero-order chi connectivity index (χ0) is 26.1. The van der Waals surface area contributed by atoms with E-state index in [1.165, 1.54) is 12.1 Å². The van der Waals surface area contributed by atoms with Gasteiger partial charge in [0, 0.05) is 16.7 Å². The zero-order valence-electron chi connectivity index (χ0n) is 20.0. The van der Waals surface area contributed by atoms with Crippen molar-refractivity contribution in [3.05, 3.63) is 120 Å². The van der Waals surface area contributed by atoms with Gasteiger partial charge in [-0.25, -0.2) is 9.67 Å². The van der Waals surface area contributed by atoms with Crippen LogP contribution in [-0.2, 0) is 12.7 Å². The Labute approximate surface area is 216 Å². The average Bonchev–Trinajstić information content (AvgIpc) is 3.36. The fourth-order valence-corrected chi connectivity index (χ4v) is 4.46. The smallest absolute Gasteiger partial charge is 0.252 e. The molecule has 0 aliphatic heterocycles. The number of nitrogens with zero attached hydrogens (tertiary/aromatic N) is 5. The van der Waals surface area contributed by atoms with Gasteiger partial charge >= 0.3 is 6.18 Å². The molecule has 0 spiro atoms. The molecule has 0 unspecified atom stereocenters. The number of rotatable bonds is 5. The van der Waals surface area contributed by atoms with Crippen LogP contribution in [0.15, 0.2) is 109 Å². The molecule has 6 aromatic rings. The molecule has 0 atom stereocenters. The van der Waals surface area contributed by atoms with Crippen LogP contribution >= 0.6 is 0 Å². The van der Waals surface area contributed by atoms with E-state index in [1.807, 2.05) is 78.9 Å². The first kappa shape index (κ1) is 23.5. The SMILES string of the molecule is FC(F)(F)c1ccc(Cn2nnc(-c3ccccc3-c3cnc4ccccc4n3)c2-c2ccccc2)cc1. The number of alkyl halides is 3. The quantitative estimate of drug-likeness (QED) is 0.246. The number of hydrogen-bond acceptors (Lipinski definition) is 4. The second-order valence-corrected chi connectivity index (χ2v) is 8.79. The lowest BCUT2D eigenvalue weighted by Crippen LogP contribution is -2.07. The van der Waals surface area contributed by atoms with E-state index in [1.54, 1.807) is 10.9 Å². The minimum atomic E-state index is -4.39. The number of benzene rings is 4. The molecule has 0 saturated carbocycles. The first-order chi connectivity index (χ1) is 18.5. The predicted molar refractivity (Wildman–Crippen MR) is 140 cm³/mol. The molecule has 0 amide bonds. The summed E-state index contributed by atoms with van der Waals surface area (Å²) in [5, 5.41) is 8.98. The lowest BCUT2D eigenvalue weighted by Gasteiger charge is -2.12. The molecule has 5 nitrogen and oxygen atoms in total. The summed E-state index contributed by atoms with van der Waals surface area (Å²) < 4.78 is 40.9. The number of hydrogen-bond donors (Lipinski definition) is 0. The van der Waals surface area contributed by atoms with Gasteiger partial charge in [-0.2, -0.15) is 13.2 Å². The lowest BCUT2D eigenvalue weighted by atomic mass is 9.98. The van der Waals surface area contributed by atoms with E-state index in [4.69, 9.17) is 4.98 Å². The van der Waals surface area contributed by atoms with Gasteiger partial charge < -0.3 is 0 Å². The standard InChI is InChI=1S/C30H20F3N5/c31-30(32,33)22-16-14-20(15-17-22)19-38-29(21-8-2-1-3-9-21)28(36-37-38)24-11-5-4-10-23(24)27-18-34-25-12-6-7-13-26(25)35-27/h1-18H,19H2. The third kappa shape index (κ3) is 4.52. The molecule has 6 rings (SSSR count). The monoisotopic (exact) mass is 507 g/mol. The van der Waals surface area contributed by atoms with Crippen molar-refractivity contribution in [1.82, 2.24) is 25.0 Å². The molecule has 2 heterocycles. The Morgan fingerprint density at radius 1 is 0.684 bits per heavy atom. The van der Waals surface area contributed by atoms with Crippen LogP contribution in [0.2, 0.25) is 0 Å².